The van der Waals surface area contributed by atoms with E-state index in [9.17, 15) is 19.7 Å². The highest BCUT2D eigenvalue weighted by atomic mass is 16.6. The zero-order valence-electron chi connectivity index (χ0n) is 14.8. The van der Waals surface area contributed by atoms with Crippen LogP contribution in [0, 0.1) is 10.1 Å². The Morgan fingerprint density at radius 1 is 1.22 bits per heavy atom. The lowest BCUT2D eigenvalue weighted by atomic mass is 9.95. The average Bonchev–Trinajstić information content (AvgIpc) is 3.17. The SMILES string of the molecule is O=C(CNC(=O)c1ccn(-c2cccc([N+](=O)[O-])c2)n1)NC1CCCCC1. The summed E-state index contributed by atoms with van der Waals surface area (Å²) in [5, 5.41) is 20.5. The number of nitro benzene ring substituents is 1. The minimum atomic E-state index is -0.494. The number of nitrogens with zero attached hydrogens (tertiary/aromatic N) is 3. The number of non-ortho nitro benzene ring substituents is 1. The Bertz CT molecular complexity index is 842. The number of aromatic nitrogens is 2. The summed E-state index contributed by atoms with van der Waals surface area (Å²) in [5.41, 5.74) is 0.540. The van der Waals surface area contributed by atoms with Crippen molar-refractivity contribution in [3.63, 3.8) is 0 Å². The van der Waals surface area contributed by atoms with E-state index in [-0.39, 0.29) is 29.9 Å². The zero-order chi connectivity index (χ0) is 19.2. The molecule has 2 N–H and O–H groups in total. The maximum Gasteiger partial charge on any atom is 0.272 e. The molecular formula is C18H21N5O4. The number of hydrogen-bond donors (Lipinski definition) is 2. The highest BCUT2D eigenvalue weighted by Gasteiger charge is 2.17. The molecule has 27 heavy (non-hydrogen) atoms. The molecule has 1 saturated carbocycles. The van der Waals surface area contributed by atoms with Crippen LogP contribution in [0.1, 0.15) is 42.6 Å². The molecular weight excluding hydrogens is 350 g/mol. The van der Waals surface area contributed by atoms with Crippen LogP contribution in [0.3, 0.4) is 0 Å². The van der Waals surface area contributed by atoms with Gasteiger partial charge in [0.2, 0.25) is 5.91 Å². The van der Waals surface area contributed by atoms with Gasteiger partial charge in [0, 0.05) is 24.4 Å². The normalized spacial score (nSPS) is 14.5. The Hall–Kier alpha value is -3.23. The molecule has 3 rings (SSSR count). The molecule has 0 bridgehead atoms. The fraction of sp³-hybridized carbons (Fsp3) is 0.389. The molecule has 142 valence electrons. The van der Waals surface area contributed by atoms with Crippen LogP contribution in [0.25, 0.3) is 5.69 Å². The standard InChI is InChI=1S/C18H21N5O4/c24-17(20-13-5-2-1-3-6-13)12-19-18(25)16-9-10-22(21-16)14-7-4-8-15(11-14)23(26)27/h4,7-11,13H,1-3,5-6,12H2,(H,19,25)(H,20,24). The highest BCUT2D eigenvalue weighted by molar-refractivity contribution is 5.94. The summed E-state index contributed by atoms with van der Waals surface area (Å²) in [6.07, 6.45) is 6.94. The quantitative estimate of drug-likeness (QED) is 0.594. The molecule has 1 fully saturated rings. The van der Waals surface area contributed by atoms with E-state index in [0.717, 1.165) is 25.7 Å². The van der Waals surface area contributed by atoms with Gasteiger partial charge in [-0.3, -0.25) is 19.7 Å². The van der Waals surface area contributed by atoms with E-state index in [2.05, 4.69) is 15.7 Å². The van der Waals surface area contributed by atoms with Gasteiger partial charge >= 0.3 is 0 Å². The number of benzene rings is 1. The minimum Gasteiger partial charge on any atom is -0.352 e. The van der Waals surface area contributed by atoms with Gasteiger partial charge in [0.15, 0.2) is 5.69 Å². The molecule has 0 aliphatic heterocycles. The molecule has 0 radical (unpaired) electrons. The first-order valence-electron chi connectivity index (χ1n) is 8.91. The lowest BCUT2D eigenvalue weighted by molar-refractivity contribution is -0.384. The van der Waals surface area contributed by atoms with Crippen molar-refractivity contribution in [3.8, 4) is 5.69 Å². The fourth-order valence-electron chi connectivity index (χ4n) is 3.11. The van der Waals surface area contributed by atoms with E-state index in [1.165, 1.54) is 35.5 Å². The molecule has 0 unspecified atom stereocenters. The summed E-state index contributed by atoms with van der Waals surface area (Å²) >= 11 is 0. The Labute approximate surface area is 155 Å². The molecule has 9 nitrogen and oxygen atoms in total. The van der Waals surface area contributed by atoms with Gasteiger partial charge in [0.05, 0.1) is 17.2 Å². The van der Waals surface area contributed by atoms with E-state index in [0.29, 0.717) is 5.69 Å². The van der Waals surface area contributed by atoms with Crippen molar-refractivity contribution >= 4 is 17.5 Å². The number of rotatable bonds is 6. The highest BCUT2D eigenvalue weighted by Crippen LogP contribution is 2.17. The second-order valence-electron chi connectivity index (χ2n) is 6.51. The second-order valence-corrected chi connectivity index (χ2v) is 6.51. The van der Waals surface area contributed by atoms with Crippen molar-refractivity contribution < 1.29 is 14.5 Å². The third-order valence-corrected chi connectivity index (χ3v) is 4.51. The van der Waals surface area contributed by atoms with Crippen LogP contribution >= 0.6 is 0 Å². The molecule has 1 aromatic carbocycles. The molecule has 1 aliphatic carbocycles. The van der Waals surface area contributed by atoms with E-state index in [1.54, 1.807) is 12.1 Å². The van der Waals surface area contributed by atoms with Gasteiger partial charge in [-0.1, -0.05) is 25.3 Å². The molecule has 2 aromatic rings. The van der Waals surface area contributed by atoms with Gasteiger partial charge in [0.25, 0.3) is 11.6 Å². The lowest BCUT2D eigenvalue weighted by Gasteiger charge is -2.22. The first-order chi connectivity index (χ1) is 13.0. The second kappa shape index (κ2) is 8.43. The molecule has 1 aromatic heterocycles. The predicted molar refractivity (Wildman–Crippen MR) is 97.6 cm³/mol. The largest absolute Gasteiger partial charge is 0.352 e. The van der Waals surface area contributed by atoms with Crippen LogP contribution in [0.5, 0.6) is 0 Å². The summed E-state index contributed by atoms with van der Waals surface area (Å²) in [7, 11) is 0. The first-order valence-corrected chi connectivity index (χ1v) is 8.91. The van der Waals surface area contributed by atoms with Crippen LogP contribution in [0.4, 0.5) is 5.69 Å². The van der Waals surface area contributed by atoms with Crippen LogP contribution < -0.4 is 10.6 Å². The number of amides is 2. The van der Waals surface area contributed by atoms with Gasteiger partial charge in [-0.25, -0.2) is 4.68 Å². The topological polar surface area (TPSA) is 119 Å². The van der Waals surface area contributed by atoms with E-state index in [1.807, 2.05) is 0 Å². The third-order valence-electron chi connectivity index (χ3n) is 4.51. The number of nitrogens with one attached hydrogen (secondary N) is 2. The summed E-state index contributed by atoms with van der Waals surface area (Å²) in [6.45, 7) is -0.112. The van der Waals surface area contributed by atoms with Crippen molar-refractivity contribution in [1.29, 1.82) is 0 Å². The molecule has 0 saturated heterocycles. The minimum absolute atomic E-state index is 0.0617. The van der Waals surface area contributed by atoms with Crippen molar-refractivity contribution in [2.45, 2.75) is 38.1 Å². The smallest absolute Gasteiger partial charge is 0.272 e. The van der Waals surface area contributed by atoms with Gasteiger partial charge in [0.1, 0.15) is 0 Å². The summed E-state index contributed by atoms with van der Waals surface area (Å²) in [6, 6.07) is 7.63. The van der Waals surface area contributed by atoms with E-state index >= 15 is 0 Å². The number of nitro groups is 1. The van der Waals surface area contributed by atoms with E-state index in [4.69, 9.17) is 0 Å². The van der Waals surface area contributed by atoms with Gasteiger partial charge in [-0.2, -0.15) is 5.10 Å². The first kappa shape index (κ1) is 18.6. The average molecular weight is 371 g/mol. The predicted octanol–water partition coefficient (Wildman–Crippen LogP) is 1.96. The van der Waals surface area contributed by atoms with Crippen molar-refractivity contribution in [1.82, 2.24) is 20.4 Å². The number of hydrogen-bond acceptors (Lipinski definition) is 5. The maximum absolute atomic E-state index is 12.2. The van der Waals surface area contributed by atoms with E-state index < -0.39 is 10.8 Å². The zero-order valence-corrected chi connectivity index (χ0v) is 14.8. The summed E-state index contributed by atoms with van der Waals surface area (Å²) < 4.78 is 1.38. The molecule has 1 aliphatic rings. The summed E-state index contributed by atoms with van der Waals surface area (Å²) in [4.78, 5) is 34.5. The van der Waals surface area contributed by atoms with Crippen LogP contribution in [-0.4, -0.2) is 39.1 Å². The van der Waals surface area contributed by atoms with Gasteiger partial charge < -0.3 is 10.6 Å². The Morgan fingerprint density at radius 2 is 2.00 bits per heavy atom. The van der Waals surface area contributed by atoms with Gasteiger partial charge in [-0.05, 0) is 25.0 Å². The molecule has 2 amide bonds. The molecule has 1 heterocycles. The van der Waals surface area contributed by atoms with Crippen molar-refractivity contribution in [2.75, 3.05) is 6.54 Å². The number of carbonyl (C=O) groups excluding carboxylic acids is 2. The number of carbonyl (C=O) groups is 2. The van der Waals surface area contributed by atoms with Gasteiger partial charge in [-0.15, -0.1) is 0 Å². The summed E-state index contributed by atoms with van der Waals surface area (Å²) in [5.74, 6) is -0.689. The van der Waals surface area contributed by atoms with Crippen molar-refractivity contribution in [3.05, 3.63) is 52.3 Å². The van der Waals surface area contributed by atoms with Crippen LogP contribution in [0.15, 0.2) is 36.5 Å². The lowest BCUT2D eigenvalue weighted by Crippen LogP contribution is -2.42. The van der Waals surface area contributed by atoms with Crippen LogP contribution in [-0.2, 0) is 4.79 Å². The Balaban J connectivity index is 1.56. The Kier molecular flexibility index (Phi) is 5.80. The monoisotopic (exact) mass is 371 g/mol. The van der Waals surface area contributed by atoms with Crippen LogP contribution in [0.2, 0.25) is 0 Å². The molecule has 0 atom stereocenters. The fourth-order valence-corrected chi connectivity index (χ4v) is 3.11. The molecule has 0 spiro atoms. The third kappa shape index (κ3) is 4.90. The molecule has 9 heteroatoms. The Morgan fingerprint density at radius 3 is 2.74 bits per heavy atom. The van der Waals surface area contributed by atoms with Crippen molar-refractivity contribution in [2.24, 2.45) is 0 Å². The maximum atomic E-state index is 12.2.